The van der Waals surface area contributed by atoms with Crippen molar-refractivity contribution in [3.8, 4) is 0 Å². The smallest absolute Gasteiger partial charge is 0.408 e. The maximum atomic E-state index is 11.4. The Kier molecular flexibility index (Phi) is 2.13. The lowest BCUT2D eigenvalue weighted by molar-refractivity contribution is -0.154. The van der Waals surface area contributed by atoms with Crippen LogP contribution in [0.1, 0.15) is 19.3 Å². The van der Waals surface area contributed by atoms with Crippen LogP contribution in [0.5, 0.6) is 0 Å². The molecule has 2 aliphatic heterocycles. The van der Waals surface area contributed by atoms with E-state index in [1.54, 1.807) is 0 Å². The fourth-order valence-electron chi connectivity index (χ4n) is 2.59. The van der Waals surface area contributed by atoms with Gasteiger partial charge in [0, 0.05) is 6.42 Å². The third-order valence-electron chi connectivity index (χ3n) is 3.20. The van der Waals surface area contributed by atoms with Crippen LogP contribution in [0.4, 0.5) is 4.79 Å². The van der Waals surface area contributed by atoms with E-state index in [9.17, 15) is 14.4 Å². The quantitative estimate of drug-likeness (QED) is 0.647. The van der Waals surface area contributed by atoms with Crippen molar-refractivity contribution in [3.05, 3.63) is 0 Å². The predicted molar refractivity (Wildman–Crippen MR) is 47.4 cm³/mol. The van der Waals surface area contributed by atoms with Crippen LogP contribution in [0.15, 0.2) is 0 Å². The summed E-state index contributed by atoms with van der Waals surface area (Å²) in [5, 5.41) is 17.9. The molecule has 0 radical (unpaired) electrons. The van der Waals surface area contributed by atoms with Gasteiger partial charge in [0.1, 0.15) is 6.04 Å². The van der Waals surface area contributed by atoms with Gasteiger partial charge in [-0.15, -0.1) is 0 Å². The van der Waals surface area contributed by atoms with Crippen molar-refractivity contribution >= 4 is 17.8 Å². The number of hydrogen-bond donors (Lipinski definition) is 2. The second kappa shape index (κ2) is 3.22. The van der Waals surface area contributed by atoms with Gasteiger partial charge in [-0.05, 0) is 18.8 Å². The number of Topliss-reactive ketones (excluding diaryl/α,β-unsaturated/α-hetero) is 1. The van der Waals surface area contributed by atoms with Crippen molar-refractivity contribution in [1.29, 1.82) is 0 Å². The van der Waals surface area contributed by atoms with Crippen molar-refractivity contribution in [3.63, 3.8) is 0 Å². The van der Waals surface area contributed by atoms with E-state index in [0.717, 1.165) is 4.90 Å². The molecule has 2 bridgehead atoms. The molecule has 6 heteroatoms. The summed E-state index contributed by atoms with van der Waals surface area (Å²) in [5.74, 6) is -1.65. The molecule has 0 aromatic carbocycles. The molecule has 1 saturated carbocycles. The molecule has 0 spiro atoms. The Hall–Kier alpha value is -1.59. The highest BCUT2D eigenvalue weighted by atomic mass is 16.4. The number of carbonyl (C=O) groups excluding carboxylic acids is 1. The van der Waals surface area contributed by atoms with Crippen LogP contribution in [0.3, 0.4) is 0 Å². The van der Waals surface area contributed by atoms with Gasteiger partial charge in [-0.25, -0.2) is 9.59 Å². The number of carbonyl (C=O) groups is 3. The van der Waals surface area contributed by atoms with E-state index in [0.29, 0.717) is 12.8 Å². The summed E-state index contributed by atoms with van der Waals surface area (Å²) in [6.45, 7) is 0. The summed E-state index contributed by atoms with van der Waals surface area (Å²) in [6.07, 6.45) is -0.0348. The normalized spacial score (nSPS) is 34.3. The number of carboxylic acid groups (broad SMARTS) is 2. The first-order valence-electron chi connectivity index (χ1n) is 4.79. The average molecular weight is 213 g/mol. The maximum Gasteiger partial charge on any atom is 0.408 e. The second-order valence-corrected chi connectivity index (χ2v) is 4.00. The second-order valence-electron chi connectivity index (χ2n) is 4.00. The lowest BCUT2D eigenvalue weighted by Gasteiger charge is -2.46. The molecule has 2 heterocycles. The molecule has 0 aromatic heterocycles. The van der Waals surface area contributed by atoms with E-state index in [4.69, 9.17) is 10.2 Å². The largest absolute Gasteiger partial charge is 0.480 e. The van der Waals surface area contributed by atoms with Gasteiger partial charge in [0.05, 0.1) is 6.04 Å². The standard InChI is InChI=1S/C9H11NO5/c11-6-3-4-1-2-5(6)10(9(14)15)7(4)8(12)13/h4-5,7H,1-3H2,(H,12,13)(H,14,15)/t4-,5+,7+/m1/s1. The third-order valence-corrected chi connectivity index (χ3v) is 3.20. The van der Waals surface area contributed by atoms with Crippen molar-refractivity contribution in [2.45, 2.75) is 31.3 Å². The molecule has 0 unspecified atom stereocenters. The minimum atomic E-state index is -1.31. The molecule has 3 aliphatic rings. The van der Waals surface area contributed by atoms with Crippen LogP contribution in [-0.4, -0.2) is 45.0 Å². The molecule has 15 heavy (non-hydrogen) atoms. The van der Waals surface area contributed by atoms with Crippen molar-refractivity contribution in [2.24, 2.45) is 5.92 Å². The molecule has 6 nitrogen and oxygen atoms in total. The fourth-order valence-corrected chi connectivity index (χ4v) is 2.59. The minimum Gasteiger partial charge on any atom is -0.480 e. The van der Waals surface area contributed by atoms with Crippen LogP contribution in [-0.2, 0) is 9.59 Å². The predicted octanol–water partition coefficient (Wildman–Crippen LogP) is 0.171. The van der Waals surface area contributed by atoms with E-state index in [1.807, 2.05) is 0 Å². The van der Waals surface area contributed by atoms with Gasteiger partial charge < -0.3 is 10.2 Å². The molecule has 0 aromatic rings. The molecule has 2 N–H and O–H groups in total. The van der Waals surface area contributed by atoms with E-state index < -0.39 is 24.1 Å². The molecule has 3 atom stereocenters. The van der Waals surface area contributed by atoms with Crippen LogP contribution >= 0.6 is 0 Å². The summed E-state index contributed by atoms with van der Waals surface area (Å²) in [5.41, 5.74) is 0. The number of fused-ring (bicyclic) bond motifs is 3. The summed E-state index contributed by atoms with van der Waals surface area (Å²) >= 11 is 0. The Balaban J connectivity index is 2.35. The van der Waals surface area contributed by atoms with Gasteiger partial charge in [-0.2, -0.15) is 0 Å². The molecule has 3 rings (SSSR count). The first kappa shape index (κ1) is 9.95. The van der Waals surface area contributed by atoms with Gasteiger partial charge in [0.2, 0.25) is 0 Å². The van der Waals surface area contributed by atoms with Crippen molar-refractivity contribution in [1.82, 2.24) is 4.90 Å². The molecule has 82 valence electrons. The summed E-state index contributed by atoms with van der Waals surface area (Å²) in [4.78, 5) is 34.1. The summed E-state index contributed by atoms with van der Waals surface area (Å²) < 4.78 is 0. The van der Waals surface area contributed by atoms with Crippen LogP contribution < -0.4 is 0 Å². The third kappa shape index (κ3) is 1.36. The highest BCUT2D eigenvalue weighted by Gasteiger charge is 2.51. The first-order chi connectivity index (χ1) is 7.02. The highest BCUT2D eigenvalue weighted by Crippen LogP contribution is 2.37. The van der Waals surface area contributed by atoms with Gasteiger partial charge in [-0.1, -0.05) is 0 Å². The number of piperidine rings is 2. The van der Waals surface area contributed by atoms with E-state index in [-0.39, 0.29) is 18.1 Å². The number of hydrogen-bond acceptors (Lipinski definition) is 3. The monoisotopic (exact) mass is 213 g/mol. The van der Waals surface area contributed by atoms with Crippen LogP contribution in [0.2, 0.25) is 0 Å². The van der Waals surface area contributed by atoms with Gasteiger partial charge in [-0.3, -0.25) is 9.69 Å². The van der Waals surface area contributed by atoms with E-state index >= 15 is 0 Å². The minimum absolute atomic E-state index is 0.147. The Morgan fingerprint density at radius 1 is 1.27 bits per heavy atom. The Morgan fingerprint density at radius 2 is 1.93 bits per heavy atom. The fraction of sp³-hybridized carbons (Fsp3) is 0.667. The van der Waals surface area contributed by atoms with Gasteiger partial charge in [0.25, 0.3) is 0 Å². The molecule has 2 saturated heterocycles. The molecular formula is C9H11NO5. The summed E-state index contributed by atoms with van der Waals surface area (Å²) in [7, 11) is 0. The highest BCUT2D eigenvalue weighted by molar-refractivity contribution is 5.93. The average Bonchev–Trinajstić information content (AvgIpc) is 2.16. The Labute approximate surface area is 85.5 Å². The van der Waals surface area contributed by atoms with Gasteiger partial charge in [0.15, 0.2) is 5.78 Å². The number of carboxylic acids is 1. The zero-order chi connectivity index (χ0) is 11.2. The number of ketones is 1. The van der Waals surface area contributed by atoms with E-state index in [1.165, 1.54) is 0 Å². The summed E-state index contributed by atoms with van der Waals surface area (Å²) in [6, 6.07) is -1.78. The van der Waals surface area contributed by atoms with Gasteiger partial charge >= 0.3 is 12.1 Å². The number of rotatable bonds is 1. The molecule has 1 amide bonds. The van der Waals surface area contributed by atoms with E-state index in [2.05, 4.69) is 0 Å². The number of amides is 1. The van der Waals surface area contributed by atoms with Crippen LogP contribution in [0, 0.1) is 5.92 Å². The lowest BCUT2D eigenvalue weighted by Crippen LogP contribution is -2.63. The molecular weight excluding hydrogens is 202 g/mol. The first-order valence-corrected chi connectivity index (χ1v) is 4.79. The zero-order valence-corrected chi connectivity index (χ0v) is 7.92. The Bertz CT molecular complexity index is 339. The number of nitrogens with zero attached hydrogens (tertiary/aromatic N) is 1. The van der Waals surface area contributed by atoms with Crippen molar-refractivity contribution in [2.75, 3.05) is 0 Å². The topological polar surface area (TPSA) is 94.9 Å². The molecule has 1 aliphatic carbocycles. The SMILES string of the molecule is O=C(O)[C@@H]1[C@@H]2CC[C@@H](C(=O)C2)N1C(=O)O. The zero-order valence-electron chi connectivity index (χ0n) is 7.92. The van der Waals surface area contributed by atoms with Crippen LogP contribution in [0.25, 0.3) is 0 Å². The maximum absolute atomic E-state index is 11.4. The molecule has 3 fully saturated rings. The number of aliphatic carboxylic acids is 1. The Morgan fingerprint density at radius 3 is 2.40 bits per heavy atom. The van der Waals surface area contributed by atoms with Crippen molar-refractivity contribution < 1.29 is 24.6 Å². The lowest BCUT2D eigenvalue weighted by atomic mass is 9.74.